The highest BCUT2D eigenvalue weighted by atomic mass is 16.5. The van der Waals surface area contributed by atoms with E-state index >= 15 is 0 Å². The standard InChI is InChI=1S/C17H27NO3/c1-3-4-5-6-7-8-13-11-15(21-2)10-9-14(13)12-16(18)17(19)20/h9-11,16H,3-8,12,18H2,1-2H3,(H,19,20). The van der Waals surface area contributed by atoms with E-state index in [1.807, 2.05) is 18.2 Å². The maximum atomic E-state index is 10.9. The van der Waals surface area contributed by atoms with E-state index in [2.05, 4.69) is 6.92 Å². The minimum Gasteiger partial charge on any atom is -0.497 e. The second-order valence-electron chi connectivity index (χ2n) is 5.45. The molecule has 0 spiro atoms. The first-order chi connectivity index (χ1) is 10.1. The van der Waals surface area contributed by atoms with Crippen LogP contribution in [0.5, 0.6) is 5.75 Å². The molecule has 118 valence electrons. The van der Waals surface area contributed by atoms with Gasteiger partial charge in [-0.15, -0.1) is 0 Å². The van der Waals surface area contributed by atoms with E-state index in [1.54, 1.807) is 7.11 Å². The summed E-state index contributed by atoms with van der Waals surface area (Å²) in [5.41, 5.74) is 7.82. The van der Waals surface area contributed by atoms with E-state index < -0.39 is 12.0 Å². The average molecular weight is 293 g/mol. The number of carboxylic acid groups (broad SMARTS) is 1. The third-order valence-corrected chi connectivity index (χ3v) is 3.72. The third-order valence-electron chi connectivity index (χ3n) is 3.72. The van der Waals surface area contributed by atoms with Crippen LogP contribution in [0.15, 0.2) is 18.2 Å². The van der Waals surface area contributed by atoms with Crippen LogP contribution in [0.1, 0.15) is 50.2 Å². The molecule has 0 saturated carbocycles. The van der Waals surface area contributed by atoms with E-state index in [-0.39, 0.29) is 0 Å². The van der Waals surface area contributed by atoms with Crippen molar-refractivity contribution in [2.24, 2.45) is 5.73 Å². The number of aliphatic carboxylic acids is 1. The highest BCUT2D eigenvalue weighted by Gasteiger charge is 2.15. The second kappa shape index (κ2) is 9.40. The van der Waals surface area contributed by atoms with Gasteiger partial charge in [-0.25, -0.2) is 0 Å². The van der Waals surface area contributed by atoms with Gasteiger partial charge in [0.2, 0.25) is 0 Å². The van der Waals surface area contributed by atoms with Gasteiger partial charge in [-0.1, -0.05) is 38.7 Å². The van der Waals surface area contributed by atoms with Gasteiger partial charge < -0.3 is 15.6 Å². The fourth-order valence-electron chi connectivity index (χ4n) is 2.40. The van der Waals surface area contributed by atoms with Crippen molar-refractivity contribution in [3.63, 3.8) is 0 Å². The fraction of sp³-hybridized carbons (Fsp3) is 0.588. The molecule has 0 aliphatic heterocycles. The van der Waals surface area contributed by atoms with Gasteiger partial charge in [0.15, 0.2) is 0 Å². The molecule has 0 aliphatic carbocycles. The van der Waals surface area contributed by atoms with Gasteiger partial charge in [-0.05, 0) is 42.5 Å². The van der Waals surface area contributed by atoms with Crippen LogP contribution in [-0.2, 0) is 17.6 Å². The molecular weight excluding hydrogens is 266 g/mol. The van der Waals surface area contributed by atoms with Crippen LogP contribution in [0.3, 0.4) is 0 Å². The van der Waals surface area contributed by atoms with Crippen LogP contribution in [0.25, 0.3) is 0 Å². The summed E-state index contributed by atoms with van der Waals surface area (Å²) in [6.45, 7) is 2.20. The van der Waals surface area contributed by atoms with E-state index in [1.165, 1.54) is 25.7 Å². The zero-order valence-corrected chi connectivity index (χ0v) is 13.1. The molecule has 1 aromatic carbocycles. The maximum absolute atomic E-state index is 10.9. The number of benzene rings is 1. The number of nitrogens with two attached hydrogens (primary N) is 1. The predicted molar refractivity (Wildman–Crippen MR) is 84.8 cm³/mol. The summed E-state index contributed by atoms with van der Waals surface area (Å²) in [4.78, 5) is 10.9. The molecular formula is C17H27NO3. The van der Waals surface area contributed by atoms with Crippen LogP contribution in [-0.4, -0.2) is 24.2 Å². The van der Waals surface area contributed by atoms with Crippen molar-refractivity contribution in [3.05, 3.63) is 29.3 Å². The summed E-state index contributed by atoms with van der Waals surface area (Å²) >= 11 is 0. The van der Waals surface area contributed by atoms with Crippen molar-refractivity contribution in [3.8, 4) is 5.75 Å². The van der Waals surface area contributed by atoms with Crippen LogP contribution in [0.2, 0.25) is 0 Å². The zero-order chi connectivity index (χ0) is 15.7. The molecule has 21 heavy (non-hydrogen) atoms. The number of carboxylic acids is 1. The van der Waals surface area contributed by atoms with Gasteiger partial charge in [0, 0.05) is 0 Å². The summed E-state index contributed by atoms with van der Waals surface area (Å²) in [7, 11) is 1.64. The molecule has 1 atom stereocenters. The smallest absolute Gasteiger partial charge is 0.320 e. The van der Waals surface area contributed by atoms with Crippen molar-refractivity contribution >= 4 is 5.97 Å². The van der Waals surface area contributed by atoms with Crippen molar-refractivity contribution in [1.82, 2.24) is 0 Å². The molecule has 0 radical (unpaired) electrons. The number of aryl methyl sites for hydroxylation is 1. The van der Waals surface area contributed by atoms with Crippen molar-refractivity contribution in [2.75, 3.05) is 7.11 Å². The van der Waals surface area contributed by atoms with Gasteiger partial charge in [-0.3, -0.25) is 4.79 Å². The zero-order valence-electron chi connectivity index (χ0n) is 13.1. The Morgan fingerprint density at radius 2 is 1.95 bits per heavy atom. The van der Waals surface area contributed by atoms with Crippen LogP contribution >= 0.6 is 0 Å². The van der Waals surface area contributed by atoms with E-state index in [4.69, 9.17) is 15.6 Å². The molecule has 4 heteroatoms. The first-order valence-corrected chi connectivity index (χ1v) is 7.72. The first-order valence-electron chi connectivity index (χ1n) is 7.72. The summed E-state index contributed by atoms with van der Waals surface area (Å²) in [6.07, 6.45) is 7.39. The molecule has 0 saturated heterocycles. The topological polar surface area (TPSA) is 72.5 Å². The monoisotopic (exact) mass is 293 g/mol. The number of methoxy groups -OCH3 is 1. The SMILES string of the molecule is CCCCCCCc1cc(OC)ccc1CC(N)C(=O)O. The Morgan fingerprint density at radius 3 is 2.57 bits per heavy atom. The minimum atomic E-state index is -0.959. The number of carbonyl (C=O) groups is 1. The Balaban J connectivity index is 2.70. The molecule has 0 fully saturated rings. The molecule has 0 aromatic heterocycles. The molecule has 1 aromatic rings. The van der Waals surface area contributed by atoms with Gasteiger partial charge in [0.25, 0.3) is 0 Å². The highest BCUT2D eigenvalue weighted by molar-refractivity contribution is 5.73. The Hall–Kier alpha value is -1.55. The second-order valence-corrected chi connectivity index (χ2v) is 5.45. The van der Waals surface area contributed by atoms with Gasteiger partial charge in [-0.2, -0.15) is 0 Å². The minimum absolute atomic E-state index is 0.365. The lowest BCUT2D eigenvalue weighted by Crippen LogP contribution is -2.32. The summed E-state index contributed by atoms with van der Waals surface area (Å²) < 4.78 is 5.26. The van der Waals surface area contributed by atoms with Crippen LogP contribution in [0, 0.1) is 0 Å². The molecule has 0 amide bonds. The fourth-order valence-corrected chi connectivity index (χ4v) is 2.40. The predicted octanol–water partition coefficient (Wildman–Crippen LogP) is 3.16. The molecule has 0 aliphatic rings. The molecule has 0 bridgehead atoms. The largest absolute Gasteiger partial charge is 0.497 e. The number of rotatable bonds is 10. The Morgan fingerprint density at radius 1 is 1.24 bits per heavy atom. The van der Waals surface area contributed by atoms with Gasteiger partial charge in [0.05, 0.1) is 7.11 Å². The Kier molecular flexibility index (Phi) is 7.83. The lowest BCUT2D eigenvalue weighted by molar-refractivity contribution is -0.138. The average Bonchev–Trinajstić information content (AvgIpc) is 2.48. The van der Waals surface area contributed by atoms with Crippen molar-refractivity contribution in [2.45, 2.75) is 57.9 Å². The molecule has 4 nitrogen and oxygen atoms in total. The van der Waals surface area contributed by atoms with Gasteiger partial charge >= 0.3 is 5.97 Å². The molecule has 3 N–H and O–H groups in total. The lowest BCUT2D eigenvalue weighted by atomic mass is 9.96. The number of unbranched alkanes of at least 4 members (excludes halogenated alkanes) is 4. The Bertz CT molecular complexity index is 446. The third kappa shape index (κ3) is 6.17. The van der Waals surface area contributed by atoms with Crippen LogP contribution in [0.4, 0.5) is 0 Å². The van der Waals surface area contributed by atoms with Crippen LogP contribution < -0.4 is 10.5 Å². The first kappa shape index (κ1) is 17.5. The lowest BCUT2D eigenvalue weighted by Gasteiger charge is -2.13. The van der Waals surface area contributed by atoms with E-state index in [0.717, 1.165) is 29.7 Å². The number of hydrogen-bond acceptors (Lipinski definition) is 3. The number of hydrogen-bond donors (Lipinski definition) is 2. The van der Waals surface area contributed by atoms with Crippen molar-refractivity contribution < 1.29 is 14.6 Å². The van der Waals surface area contributed by atoms with Crippen molar-refractivity contribution in [1.29, 1.82) is 0 Å². The summed E-state index contributed by atoms with van der Waals surface area (Å²) in [5.74, 6) is -0.147. The highest BCUT2D eigenvalue weighted by Crippen LogP contribution is 2.21. The van der Waals surface area contributed by atoms with Gasteiger partial charge in [0.1, 0.15) is 11.8 Å². The Labute approximate surface area is 127 Å². The quantitative estimate of drug-likeness (QED) is 0.650. The molecule has 1 rings (SSSR count). The van der Waals surface area contributed by atoms with E-state index in [0.29, 0.717) is 6.42 Å². The summed E-state index contributed by atoms with van der Waals surface area (Å²) in [5, 5.41) is 8.96. The maximum Gasteiger partial charge on any atom is 0.320 e. The summed E-state index contributed by atoms with van der Waals surface area (Å²) in [6, 6.07) is 4.95. The molecule has 0 heterocycles. The number of ether oxygens (including phenoxy) is 1. The normalized spacial score (nSPS) is 12.1. The van der Waals surface area contributed by atoms with E-state index in [9.17, 15) is 4.79 Å². The molecule has 1 unspecified atom stereocenters.